The van der Waals surface area contributed by atoms with Crippen molar-refractivity contribution in [3.05, 3.63) is 5.82 Å². The molecule has 1 aliphatic rings. The molecule has 15 heteroatoms. The van der Waals surface area contributed by atoms with E-state index < -0.39 is 18.2 Å². The van der Waals surface area contributed by atoms with E-state index in [1.165, 1.54) is 0 Å². The van der Waals surface area contributed by atoms with Gasteiger partial charge in [-0.05, 0) is 13.3 Å². The van der Waals surface area contributed by atoms with Gasteiger partial charge in [0.2, 0.25) is 5.91 Å². The van der Waals surface area contributed by atoms with E-state index >= 15 is 0 Å². The number of nitrogens with two attached hydrogens (primary N) is 1. The maximum absolute atomic E-state index is 12.3. The summed E-state index contributed by atoms with van der Waals surface area (Å²) in [5.74, 6) is -2.34. The fourth-order valence-electron chi connectivity index (χ4n) is 2.26. The number of halogens is 3. The minimum atomic E-state index is -5.08. The number of aliphatic carboxylic acids is 1. The predicted molar refractivity (Wildman–Crippen MR) is 89.3 cm³/mol. The number of amides is 2. The highest BCUT2D eigenvalue weighted by molar-refractivity contribution is 5.82. The van der Waals surface area contributed by atoms with Gasteiger partial charge in [0.1, 0.15) is 0 Å². The molecule has 0 saturated carbocycles. The van der Waals surface area contributed by atoms with Gasteiger partial charge >= 0.3 is 18.2 Å². The number of carbonyl (C=O) groups excluding carboxylic acids is 2. The number of rotatable bonds is 5. The van der Waals surface area contributed by atoms with Gasteiger partial charge in [0.15, 0.2) is 5.82 Å². The third-order valence-electron chi connectivity index (χ3n) is 3.75. The van der Waals surface area contributed by atoms with Crippen LogP contribution in [0.15, 0.2) is 0 Å². The summed E-state index contributed by atoms with van der Waals surface area (Å²) in [4.78, 5) is 36.0. The zero-order chi connectivity index (χ0) is 22.0. The number of nitrogens with zero attached hydrogens (tertiary/aromatic N) is 5. The fraction of sp³-hybridized carbons (Fsp3) is 0.714. The smallest absolute Gasteiger partial charge is 0.475 e. The standard InChI is InChI=1S/C12H21N7O3.C2HF3O2/c1-2-22-12(21)19-7-5-18(6-8-19)11(20)9(13)3-4-10-14-16-17-15-10;3-2(4,5)1(6)7/h9H,2-8,13H2,1H3,(H,14,15,16,17);(H,6,7)/t9-;/m0./s1. The second-order valence-electron chi connectivity index (χ2n) is 5.79. The lowest BCUT2D eigenvalue weighted by atomic mass is 10.1. The molecule has 1 saturated heterocycles. The Balaban J connectivity index is 0.000000516. The lowest BCUT2D eigenvalue weighted by Crippen LogP contribution is -2.54. The molecule has 0 aromatic carbocycles. The van der Waals surface area contributed by atoms with E-state index in [1.54, 1.807) is 16.7 Å². The van der Waals surface area contributed by atoms with E-state index in [-0.39, 0.29) is 12.0 Å². The second-order valence-corrected chi connectivity index (χ2v) is 5.79. The number of H-pyrrole nitrogens is 1. The number of aromatic nitrogens is 4. The summed E-state index contributed by atoms with van der Waals surface area (Å²) in [6.45, 7) is 3.96. The zero-order valence-electron chi connectivity index (χ0n) is 15.6. The molecule has 1 aliphatic heterocycles. The zero-order valence-corrected chi connectivity index (χ0v) is 15.6. The van der Waals surface area contributed by atoms with Crippen molar-refractivity contribution >= 4 is 18.0 Å². The van der Waals surface area contributed by atoms with Gasteiger partial charge in [0.05, 0.1) is 12.6 Å². The third-order valence-corrected chi connectivity index (χ3v) is 3.75. The number of nitrogens with one attached hydrogen (secondary N) is 1. The second kappa shape index (κ2) is 11.1. The summed E-state index contributed by atoms with van der Waals surface area (Å²) in [5.41, 5.74) is 5.92. The number of hydrogen-bond donors (Lipinski definition) is 3. The van der Waals surface area contributed by atoms with Gasteiger partial charge in [-0.15, -0.1) is 10.2 Å². The van der Waals surface area contributed by atoms with E-state index in [0.717, 1.165) is 0 Å². The van der Waals surface area contributed by atoms with Gasteiger partial charge in [0.25, 0.3) is 0 Å². The first-order valence-electron chi connectivity index (χ1n) is 8.54. The Labute approximate surface area is 163 Å². The minimum absolute atomic E-state index is 0.119. The summed E-state index contributed by atoms with van der Waals surface area (Å²) in [5, 5.41) is 20.6. The van der Waals surface area contributed by atoms with Crippen molar-refractivity contribution in [1.82, 2.24) is 30.4 Å². The number of carboxylic acid groups (broad SMARTS) is 1. The van der Waals surface area contributed by atoms with Crippen LogP contribution in [0.5, 0.6) is 0 Å². The van der Waals surface area contributed by atoms with Crippen molar-refractivity contribution in [1.29, 1.82) is 0 Å². The molecule has 164 valence electrons. The van der Waals surface area contributed by atoms with Crippen molar-refractivity contribution in [2.24, 2.45) is 5.73 Å². The summed E-state index contributed by atoms with van der Waals surface area (Å²) in [7, 11) is 0. The number of ether oxygens (including phenoxy) is 1. The van der Waals surface area contributed by atoms with Crippen molar-refractivity contribution < 1.29 is 37.4 Å². The van der Waals surface area contributed by atoms with Crippen LogP contribution in [-0.4, -0.2) is 98.5 Å². The third kappa shape index (κ3) is 8.28. The maximum atomic E-state index is 12.3. The summed E-state index contributed by atoms with van der Waals surface area (Å²) < 4.78 is 36.7. The molecule has 0 radical (unpaired) electrons. The molecule has 1 atom stereocenters. The molecule has 0 spiro atoms. The minimum Gasteiger partial charge on any atom is -0.475 e. The Kier molecular flexibility index (Phi) is 9.24. The highest BCUT2D eigenvalue weighted by Gasteiger charge is 2.38. The monoisotopic (exact) mass is 425 g/mol. The quantitative estimate of drug-likeness (QED) is 0.557. The lowest BCUT2D eigenvalue weighted by Gasteiger charge is -2.35. The van der Waals surface area contributed by atoms with Crippen LogP contribution < -0.4 is 5.73 Å². The van der Waals surface area contributed by atoms with Crippen LogP contribution in [0.1, 0.15) is 19.2 Å². The van der Waals surface area contributed by atoms with E-state index in [1.807, 2.05) is 0 Å². The normalized spacial score (nSPS) is 15.2. The molecule has 1 aromatic heterocycles. The number of alkyl halides is 3. The molecule has 29 heavy (non-hydrogen) atoms. The van der Waals surface area contributed by atoms with Crippen molar-refractivity contribution in [2.75, 3.05) is 32.8 Å². The summed E-state index contributed by atoms with van der Waals surface area (Å²) in [6.07, 6.45) is -4.47. The number of carboxylic acids is 1. The van der Waals surface area contributed by atoms with Gasteiger partial charge in [0, 0.05) is 32.6 Å². The van der Waals surface area contributed by atoms with E-state index in [2.05, 4.69) is 20.6 Å². The number of tetrazole rings is 1. The number of aromatic amines is 1. The molecular formula is C14H22F3N7O5. The molecular weight excluding hydrogens is 403 g/mol. The average Bonchev–Trinajstić information content (AvgIpc) is 3.19. The number of aryl methyl sites for hydroxylation is 1. The van der Waals surface area contributed by atoms with Crippen molar-refractivity contribution in [2.45, 2.75) is 32.0 Å². The topological polar surface area (TPSA) is 168 Å². The largest absolute Gasteiger partial charge is 0.490 e. The predicted octanol–water partition coefficient (Wildman–Crippen LogP) is -0.606. The van der Waals surface area contributed by atoms with Gasteiger partial charge in [-0.2, -0.15) is 18.4 Å². The molecule has 2 heterocycles. The Bertz CT molecular complexity index is 663. The van der Waals surface area contributed by atoms with Gasteiger partial charge < -0.3 is 25.4 Å². The van der Waals surface area contributed by atoms with Crippen LogP contribution in [0.4, 0.5) is 18.0 Å². The number of carbonyl (C=O) groups is 3. The fourth-order valence-corrected chi connectivity index (χ4v) is 2.26. The van der Waals surface area contributed by atoms with Crippen LogP contribution in [0, 0.1) is 0 Å². The van der Waals surface area contributed by atoms with E-state index in [0.29, 0.717) is 51.5 Å². The van der Waals surface area contributed by atoms with Crippen LogP contribution in [-0.2, 0) is 20.7 Å². The first-order valence-corrected chi connectivity index (χ1v) is 8.54. The summed E-state index contributed by atoms with van der Waals surface area (Å²) in [6, 6.07) is -0.604. The summed E-state index contributed by atoms with van der Waals surface area (Å²) >= 11 is 0. The average molecular weight is 425 g/mol. The molecule has 12 nitrogen and oxygen atoms in total. The van der Waals surface area contributed by atoms with Gasteiger partial charge in [-0.1, -0.05) is 5.21 Å². The highest BCUT2D eigenvalue weighted by Crippen LogP contribution is 2.13. The molecule has 0 bridgehead atoms. The van der Waals surface area contributed by atoms with Crippen LogP contribution in [0.3, 0.4) is 0 Å². The lowest BCUT2D eigenvalue weighted by molar-refractivity contribution is -0.192. The first kappa shape index (κ1) is 24.1. The number of piperazine rings is 1. The molecule has 2 amide bonds. The Hall–Kier alpha value is -2.97. The van der Waals surface area contributed by atoms with E-state index in [4.69, 9.17) is 20.4 Å². The molecule has 4 N–H and O–H groups in total. The van der Waals surface area contributed by atoms with Crippen molar-refractivity contribution in [3.8, 4) is 0 Å². The van der Waals surface area contributed by atoms with Gasteiger partial charge in [-0.25, -0.2) is 9.59 Å². The SMILES string of the molecule is CCOC(=O)N1CCN(C(=O)[C@@H](N)CCc2nn[nH]n2)CC1.O=C(O)C(F)(F)F. The molecule has 0 aliphatic carbocycles. The maximum Gasteiger partial charge on any atom is 0.490 e. The van der Waals surface area contributed by atoms with E-state index in [9.17, 15) is 22.8 Å². The first-order chi connectivity index (χ1) is 13.6. The van der Waals surface area contributed by atoms with Crippen LogP contribution in [0.25, 0.3) is 0 Å². The number of hydrogen-bond acceptors (Lipinski definition) is 8. The molecule has 2 rings (SSSR count). The highest BCUT2D eigenvalue weighted by atomic mass is 19.4. The Morgan fingerprint density at radius 3 is 2.24 bits per heavy atom. The van der Waals surface area contributed by atoms with Crippen molar-refractivity contribution in [3.63, 3.8) is 0 Å². The van der Waals surface area contributed by atoms with Gasteiger partial charge in [-0.3, -0.25) is 4.79 Å². The Morgan fingerprint density at radius 1 is 1.24 bits per heavy atom. The Morgan fingerprint density at radius 2 is 1.79 bits per heavy atom. The molecule has 1 aromatic rings. The van der Waals surface area contributed by atoms with Crippen LogP contribution in [0.2, 0.25) is 0 Å². The van der Waals surface area contributed by atoms with Crippen LogP contribution >= 0.6 is 0 Å². The molecule has 0 unspecified atom stereocenters. The molecule has 1 fully saturated rings.